The van der Waals surface area contributed by atoms with Gasteiger partial charge in [0, 0.05) is 57.3 Å². The highest BCUT2D eigenvalue weighted by molar-refractivity contribution is 7.99. The summed E-state index contributed by atoms with van der Waals surface area (Å²) in [5, 5.41) is 6.42. The second-order valence-corrected chi connectivity index (χ2v) is 10.3. The lowest BCUT2D eigenvalue weighted by molar-refractivity contribution is 0.159. The minimum absolute atomic E-state index is 0.115. The summed E-state index contributed by atoms with van der Waals surface area (Å²) in [5.74, 6) is 2.59. The van der Waals surface area contributed by atoms with Crippen LogP contribution in [0.5, 0.6) is 0 Å². The Bertz CT molecular complexity index is 535. The zero-order chi connectivity index (χ0) is 18.8. The topological polar surface area (TPSA) is 77.0 Å². The minimum atomic E-state index is -3.17. The van der Waals surface area contributed by atoms with Crippen molar-refractivity contribution in [3.8, 4) is 0 Å². The highest BCUT2D eigenvalue weighted by atomic mass is 32.2. The van der Waals surface area contributed by atoms with Gasteiger partial charge in [0.1, 0.15) is 0 Å². The fraction of sp³-hybridized carbons (Fsp3) is 0.941. The van der Waals surface area contributed by atoms with E-state index < -0.39 is 10.0 Å². The number of hydrogen-bond acceptors (Lipinski definition) is 5. The number of nitrogens with zero attached hydrogens (tertiary/aromatic N) is 3. The summed E-state index contributed by atoms with van der Waals surface area (Å²) < 4.78 is 26.3. The summed E-state index contributed by atoms with van der Waals surface area (Å²) in [5.41, 5.74) is 0. The zero-order valence-corrected chi connectivity index (χ0v) is 17.9. The third kappa shape index (κ3) is 7.25. The third-order valence-electron chi connectivity index (χ3n) is 5.09. The molecule has 0 radical (unpaired) electrons. The Kier molecular flexibility index (Phi) is 9.52. The first kappa shape index (κ1) is 21.8. The molecule has 152 valence electrons. The van der Waals surface area contributed by atoms with E-state index in [1.165, 1.54) is 25.8 Å². The summed E-state index contributed by atoms with van der Waals surface area (Å²) in [7, 11) is -1.44. The van der Waals surface area contributed by atoms with Crippen LogP contribution < -0.4 is 10.6 Å². The largest absolute Gasteiger partial charge is 0.356 e. The van der Waals surface area contributed by atoms with E-state index in [9.17, 15) is 8.42 Å². The molecule has 0 saturated carbocycles. The van der Waals surface area contributed by atoms with Crippen molar-refractivity contribution in [2.45, 2.75) is 38.6 Å². The van der Waals surface area contributed by atoms with Crippen LogP contribution in [0.15, 0.2) is 4.99 Å². The molecule has 2 aliphatic rings. The molecule has 7 nitrogen and oxygen atoms in total. The maximum absolute atomic E-state index is 12.3. The van der Waals surface area contributed by atoms with Crippen LogP contribution in [0.1, 0.15) is 32.6 Å². The van der Waals surface area contributed by atoms with Gasteiger partial charge in [-0.1, -0.05) is 6.42 Å². The average molecular weight is 406 g/mol. The molecular weight excluding hydrogens is 370 g/mol. The summed E-state index contributed by atoms with van der Waals surface area (Å²) >= 11 is 1.81. The molecule has 2 rings (SSSR count). The molecule has 0 bridgehead atoms. The molecular formula is C17H35N5O2S2. The van der Waals surface area contributed by atoms with Gasteiger partial charge in [0.25, 0.3) is 0 Å². The zero-order valence-electron chi connectivity index (χ0n) is 16.2. The molecule has 2 saturated heterocycles. The number of guanidine groups is 1. The highest BCUT2D eigenvalue weighted by Crippen LogP contribution is 2.16. The van der Waals surface area contributed by atoms with Gasteiger partial charge in [-0.15, -0.1) is 0 Å². The van der Waals surface area contributed by atoms with E-state index in [2.05, 4.69) is 27.4 Å². The first-order valence-corrected chi connectivity index (χ1v) is 12.5. The second-order valence-electron chi connectivity index (χ2n) is 6.99. The Morgan fingerprint density at radius 3 is 2.58 bits per heavy atom. The fourth-order valence-corrected chi connectivity index (χ4v) is 5.94. The van der Waals surface area contributed by atoms with Gasteiger partial charge in [-0.2, -0.15) is 11.8 Å². The van der Waals surface area contributed by atoms with Gasteiger partial charge in [-0.3, -0.25) is 4.99 Å². The second kappa shape index (κ2) is 11.4. The van der Waals surface area contributed by atoms with Gasteiger partial charge in [-0.05, 0) is 32.7 Å². The van der Waals surface area contributed by atoms with Gasteiger partial charge < -0.3 is 15.5 Å². The summed E-state index contributed by atoms with van der Waals surface area (Å²) in [6.45, 7) is 7.12. The number of hydrogen-bond donors (Lipinski definition) is 2. The average Bonchev–Trinajstić information content (AvgIpc) is 2.65. The van der Waals surface area contributed by atoms with E-state index in [0.717, 1.165) is 31.0 Å². The van der Waals surface area contributed by atoms with Crippen molar-refractivity contribution in [1.29, 1.82) is 0 Å². The molecule has 1 atom stereocenters. The fourth-order valence-electron chi connectivity index (χ4n) is 3.45. The highest BCUT2D eigenvalue weighted by Gasteiger charge is 2.23. The molecule has 2 aliphatic heterocycles. The van der Waals surface area contributed by atoms with E-state index in [1.807, 2.05) is 11.8 Å². The van der Waals surface area contributed by atoms with Crippen molar-refractivity contribution >= 4 is 27.7 Å². The lowest BCUT2D eigenvalue weighted by Crippen LogP contribution is -2.44. The van der Waals surface area contributed by atoms with E-state index in [0.29, 0.717) is 31.6 Å². The van der Waals surface area contributed by atoms with Gasteiger partial charge in [-0.25, -0.2) is 12.7 Å². The first-order chi connectivity index (χ1) is 12.5. The Labute approximate surface area is 163 Å². The Morgan fingerprint density at radius 1 is 1.15 bits per heavy atom. The quantitative estimate of drug-likeness (QED) is 0.353. The monoisotopic (exact) mass is 405 g/mol. The van der Waals surface area contributed by atoms with Crippen LogP contribution in [0, 0.1) is 0 Å². The maximum Gasteiger partial charge on any atom is 0.215 e. The van der Waals surface area contributed by atoms with Gasteiger partial charge in [0.15, 0.2) is 5.96 Å². The molecule has 2 N–H and O–H groups in total. The molecule has 9 heteroatoms. The Balaban J connectivity index is 1.61. The van der Waals surface area contributed by atoms with Crippen molar-refractivity contribution in [3.63, 3.8) is 0 Å². The molecule has 1 unspecified atom stereocenters. The van der Waals surface area contributed by atoms with E-state index in [-0.39, 0.29) is 5.75 Å². The molecule has 0 aliphatic carbocycles. The number of sulfonamides is 1. The van der Waals surface area contributed by atoms with E-state index >= 15 is 0 Å². The predicted molar refractivity (Wildman–Crippen MR) is 112 cm³/mol. The van der Waals surface area contributed by atoms with Crippen LogP contribution in [-0.2, 0) is 10.0 Å². The first-order valence-electron chi connectivity index (χ1n) is 9.77. The smallest absolute Gasteiger partial charge is 0.215 e. The summed E-state index contributed by atoms with van der Waals surface area (Å²) in [6, 6.07) is 0.694. The van der Waals surface area contributed by atoms with Gasteiger partial charge in [0.05, 0.1) is 5.75 Å². The lowest BCUT2D eigenvalue weighted by atomic mass is 10.0. The van der Waals surface area contributed by atoms with Crippen molar-refractivity contribution in [3.05, 3.63) is 0 Å². The predicted octanol–water partition coefficient (Wildman–Crippen LogP) is 0.795. The van der Waals surface area contributed by atoms with Crippen LogP contribution in [-0.4, -0.2) is 93.2 Å². The van der Waals surface area contributed by atoms with E-state index in [1.54, 1.807) is 11.4 Å². The number of thioether (sulfide) groups is 1. The van der Waals surface area contributed by atoms with Crippen LogP contribution in [0.3, 0.4) is 0 Å². The molecule has 0 aromatic carbocycles. The van der Waals surface area contributed by atoms with E-state index in [4.69, 9.17) is 0 Å². The van der Waals surface area contributed by atoms with Gasteiger partial charge in [0.2, 0.25) is 10.0 Å². The molecule has 0 aromatic rings. The third-order valence-corrected chi connectivity index (χ3v) is 7.91. The molecule has 26 heavy (non-hydrogen) atoms. The summed E-state index contributed by atoms with van der Waals surface area (Å²) in [6.07, 6.45) is 5.03. The number of nitrogens with one attached hydrogen (secondary N) is 2. The number of rotatable bonds is 8. The normalized spacial score (nSPS) is 23.8. The van der Waals surface area contributed by atoms with Crippen LogP contribution in [0.2, 0.25) is 0 Å². The van der Waals surface area contributed by atoms with Crippen molar-refractivity contribution in [2.24, 2.45) is 4.99 Å². The minimum Gasteiger partial charge on any atom is -0.356 e. The van der Waals surface area contributed by atoms with Crippen LogP contribution in [0.25, 0.3) is 0 Å². The van der Waals surface area contributed by atoms with Crippen molar-refractivity contribution in [2.75, 3.05) is 63.6 Å². The van der Waals surface area contributed by atoms with Crippen molar-refractivity contribution < 1.29 is 8.42 Å². The van der Waals surface area contributed by atoms with Crippen LogP contribution in [0.4, 0.5) is 0 Å². The van der Waals surface area contributed by atoms with Crippen molar-refractivity contribution in [1.82, 2.24) is 19.8 Å². The summed E-state index contributed by atoms with van der Waals surface area (Å²) in [4.78, 5) is 6.75. The molecule has 0 aromatic heterocycles. The number of aliphatic imine (C=N–C) groups is 1. The Hall–Kier alpha value is -0.510. The van der Waals surface area contributed by atoms with Gasteiger partial charge >= 0.3 is 0 Å². The molecule has 2 heterocycles. The SMILES string of the molecule is CN=C(NCCCN1CCCCC1C)NCCS(=O)(=O)N1CCSCC1. The number of likely N-dealkylation sites (tertiary alicyclic amines) is 1. The van der Waals surface area contributed by atoms with Crippen LogP contribution >= 0.6 is 11.8 Å². The maximum atomic E-state index is 12.3. The standard InChI is InChI=1S/C17H35N5O2S2/c1-16-6-3-4-9-21(16)10-5-7-19-17(18-2)20-8-15-26(23,24)22-11-13-25-14-12-22/h16H,3-15H2,1-2H3,(H2,18,19,20). The Morgan fingerprint density at radius 2 is 1.88 bits per heavy atom. The molecule has 0 spiro atoms. The molecule has 0 amide bonds. The lowest BCUT2D eigenvalue weighted by Gasteiger charge is -2.33. The molecule has 2 fully saturated rings. The number of piperidine rings is 1.